The quantitative estimate of drug-likeness (QED) is 0.830. The van der Waals surface area contributed by atoms with Gasteiger partial charge >= 0.3 is 0 Å². The van der Waals surface area contributed by atoms with Crippen molar-refractivity contribution < 1.29 is 0 Å². The van der Waals surface area contributed by atoms with Crippen molar-refractivity contribution in [3.8, 4) is 0 Å². The van der Waals surface area contributed by atoms with E-state index in [2.05, 4.69) is 18.7 Å². The minimum absolute atomic E-state index is 0. The molecule has 3 heteroatoms. The van der Waals surface area contributed by atoms with Crippen LogP contribution < -0.4 is 5.73 Å². The summed E-state index contributed by atoms with van der Waals surface area (Å²) >= 11 is 0. The molecule has 0 spiro atoms. The minimum Gasteiger partial charge on any atom is -0.328 e. The predicted molar refractivity (Wildman–Crippen MR) is 72.0 cm³/mol. The Kier molecular flexibility index (Phi) is 5.09. The highest BCUT2D eigenvalue weighted by Gasteiger charge is 2.34. The van der Waals surface area contributed by atoms with Gasteiger partial charge in [0, 0.05) is 12.6 Å². The molecule has 1 aliphatic carbocycles. The summed E-state index contributed by atoms with van der Waals surface area (Å²) in [5.41, 5.74) is 6.61. The van der Waals surface area contributed by atoms with E-state index in [1.165, 1.54) is 51.7 Å². The Morgan fingerprint density at radius 3 is 2.25 bits per heavy atom. The fourth-order valence-corrected chi connectivity index (χ4v) is 3.12. The van der Waals surface area contributed by atoms with E-state index in [-0.39, 0.29) is 12.4 Å². The van der Waals surface area contributed by atoms with E-state index in [0.29, 0.717) is 11.5 Å². The van der Waals surface area contributed by atoms with E-state index >= 15 is 0 Å². The minimum atomic E-state index is 0. The van der Waals surface area contributed by atoms with E-state index in [4.69, 9.17) is 5.73 Å². The maximum absolute atomic E-state index is 5.96. The van der Waals surface area contributed by atoms with Gasteiger partial charge in [0.1, 0.15) is 0 Å². The van der Waals surface area contributed by atoms with Gasteiger partial charge in [0.25, 0.3) is 0 Å². The lowest BCUT2D eigenvalue weighted by atomic mass is 9.70. The summed E-state index contributed by atoms with van der Waals surface area (Å²) < 4.78 is 0. The summed E-state index contributed by atoms with van der Waals surface area (Å²) in [7, 11) is 0. The number of piperidine rings is 1. The Morgan fingerprint density at radius 1 is 1.31 bits per heavy atom. The monoisotopic (exact) mass is 246 g/mol. The molecule has 1 saturated carbocycles. The number of nitrogens with zero attached hydrogens (tertiary/aromatic N) is 1. The second-order valence-electron chi connectivity index (χ2n) is 6.14. The molecule has 96 valence electrons. The Labute approximate surface area is 106 Å². The Balaban J connectivity index is 0.00000128. The van der Waals surface area contributed by atoms with Gasteiger partial charge in [-0.05, 0) is 57.0 Å². The topological polar surface area (TPSA) is 29.3 Å². The maximum atomic E-state index is 5.96. The van der Waals surface area contributed by atoms with Crippen LogP contribution in [0.2, 0.25) is 0 Å². The van der Waals surface area contributed by atoms with Gasteiger partial charge in [-0.25, -0.2) is 0 Å². The molecule has 1 saturated heterocycles. The van der Waals surface area contributed by atoms with Crippen LogP contribution >= 0.6 is 12.4 Å². The molecule has 0 radical (unpaired) electrons. The third kappa shape index (κ3) is 3.35. The molecule has 2 rings (SSSR count). The van der Waals surface area contributed by atoms with Crippen LogP contribution in [0.5, 0.6) is 0 Å². The molecular weight excluding hydrogens is 220 g/mol. The summed E-state index contributed by atoms with van der Waals surface area (Å²) in [4.78, 5) is 2.66. The van der Waals surface area contributed by atoms with E-state index in [1.54, 1.807) is 0 Å². The summed E-state index contributed by atoms with van der Waals surface area (Å²) in [6.45, 7) is 8.50. The van der Waals surface area contributed by atoms with E-state index in [0.717, 1.165) is 5.92 Å². The Hall–Kier alpha value is 0.210. The van der Waals surface area contributed by atoms with Crippen molar-refractivity contribution in [2.75, 3.05) is 19.6 Å². The summed E-state index contributed by atoms with van der Waals surface area (Å²) in [6.07, 6.45) is 6.97. The summed E-state index contributed by atoms with van der Waals surface area (Å²) in [5.74, 6) is 0.774. The van der Waals surface area contributed by atoms with Crippen LogP contribution in [0.25, 0.3) is 0 Å². The molecule has 1 atom stereocenters. The average Bonchev–Trinajstić information content (AvgIpc) is 2.16. The zero-order valence-corrected chi connectivity index (χ0v) is 11.6. The van der Waals surface area contributed by atoms with E-state index in [1.807, 2.05) is 0 Å². The molecule has 2 aliphatic rings. The number of rotatable bonds is 3. The first-order valence-electron chi connectivity index (χ1n) is 6.57. The molecule has 2 fully saturated rings. The van der Waals surface area contributed by atoms with Crippen LogP contribution in [0.1, 0.15) is 46.0 Å². The number of hydrogen-bond donors (Lipinski definition) is 1. The van der Waals surface area contributed by atoms with Gasteiger partial charge in [-0.15, -0.1) is 12.4 Å². The lowest BCUT2D eigenvalue weighted by Gasteiger charge is -2.44. The fraction of sp³-hybridized carbons (Fsp3) is 1.00. The molecular formula is C13H27ClN2. The van der Waals surface area contributed by atoms with Crippen LogP contribution in [0.4, 0.5) is 0 Å². The van der Waals surface area contributed by atoms with Gasteiger partial charge < -0.3 is 10.6 Å². The maximum Gasteiger partial charge on any atom is 0.00397 e. The molecule has 0 aromatic carbocycles. The Bertz CT molecular complexity index is 206. The highest BCUT2D eigenvalue weighted by molar-refractivity contribution is 5.85. The Morgan fingerprint density at radius 2 is 1.88 bits per heavy atom. The molecule has 16 heavy (non-hydrogen) atoms. The molecule has 0 bridgehead atoms. The predicted octanol–water partition coefficient (Wildman–Crippen LogP) is 2.66. The van der Waals surface area contributed by atoms with Crippen molar-refractivity contribution in [2.45, 2.75) is 52.0 Å². The van der Waals surface area contributed by atoms with Crippen molar-refractivity contribution in [2.24, 2.45) is 17.1 Å². The van der Waals surface area contributed by atoms with Gasteiger partial charge in [-0.1, -0.05) is 13.3 Å². The van der Waals surface area contributed by atoms with Gasteiger partial charge in [-0.2, -0.15) is 0 Å². The first-order chi connectivity index (χ1) is 7.09. The molecule has 0 aromatic rings. The largest absolute Gasteiger partial charge is 0.328 e. The van der Waals surface area contributed by atoms with Crippen LogP contribution in [-0.4, -0.2) is 30.6 Å². The van der Waals surface area contributed by atoms with Crippen LogP contribution in [0, 0.1) is 11.3 Å². The summed E-state index contributed by atoms with van der Waals surface area (Å²) in [5, 5.41) is 0. The second-order valence-corrected chi connectivity index (χ2v) is 6.14. The third-order valence-electron chi connectivity index (χ3n) is 4.54. The highest BCUT2D eigenvalue weighted by atomic mass is 35.5. The van der Waals surface area contributed by atoms with Crippen molar-refractivity contribution in [3.63, 3.8) is 0 Å². The van der Waals surface area contributed by atoms with Gasteiger partial charge in [0.05, 0.1) is 0 Å². The number of halogens is 1. The van der Waals surface area contributed by atoms with Gasteiger partial charge in [0.15, 0.2) is 0 Å². The smallest absolute Gasteiger partial charge is 0.00397 e. The number of hydrogen-bond acceptors (Lipinski definition) is 2. The normalized spacial score (nSPS) is 27.9. The van der Waals surface area contributed by atoms with Crippen molar-refractivity contribution in [3.05, 3.63) is 0 Å². The molecule has 2 nitrogen and oxygen atoms in total. The first kappa shape index (κ1) is 14.3. The van der Waals surface area contributed by atoms with E-state index in [9.17, 15) is 0 Å². The third-order valence-corrected chi connectivity index (χ3v) is 4.54. The lowest BCUT2D eigenvalue weighted by molar-refractivity contribution is 0.0613. The SMILES string of the molecule is CC(N)C1CCN(CC2(C)CCC2)CC1.Cl. The lowest BCUT2D eigenvalue weighted by Crippen LogP contribution is -2.45. The molecule has 1 unspecified atom stereocenters. The standard InChI is InChI=1S/C13H26N2.ClH/c1-11(14)12-4-8-15(9-5-12)10-13(2)6-3-7-13;/h11-12H,3-10,14H2,1-2H3;1H. The van der Waals surface area contributed by atoms with Crippen molar-refractivity contribution in [1.82, 2.24) is 4.90 Å². The molecule has 1 heterocycles. The van der Waals surface area contributed by atoms with Crippen molar-refractivity contribution >= 4 is 12.4 Å². The fourth-order valence-electron chi connectivity index (χ4n) is 3.12. The van der Waals surface area contributed by atoms with Crippen LogP contribution in [0.3, 0.4) is 0 Å². The number of likely N-dealkylation sites (tertiary alicyclic amines) is 1. The van der Waals surface area contributed by atoms with Crippen LogP contribution in [-0.2, 0) is 0 Å². The zero-order valence-electron chi connectivity index (χ0n) is 10.7. The van der Waals surface area contributed by atoms with E-state index < -0.39 is 0 Å². The van der Waals surface area contributed by atoms with Gasteiger partial charge in [-0.3, -0.25) is 0 Å². The summed E-state index contributed by atoms with van der Waals surface area (Å²) in [6, 6.07) is 0.395. The molecule has 2 N–H and O–H groups in total. The first-order valence-corrected chi connectivity index (χ1v) is 6.57. The van der Waals surface area contributed by atoms with Crippen LogP contribution in [0.15, 0.2) is 0 Å². The molecule has 0 aromatic heterocycles. The second kappa shape index (κ2) is 5.70. The van der Waals surface area contributed by atoms with Crippen molar-refractivity contribution in [1.29, 1.82) is 0 Å². The average molecular weight is 247 g/mol. The molecule has 1 aliphatic heterocycles. The number of nitrogens with two attached hydrogens (primary N) is 1. The van der Waals surface area contributed by atoms with Gasteiger partial charge in [0.2, 0.25) is 0 Å². The zero-order chi connectivity index (χ0) is 10.9. The highest BCUT2D eigenvalue weighted by Crippen LogP contribution is 2.41. The molecule has 0 amide bonds.